The van der Waals surface area contributed by atoms with Crippen LogP contribution in [0.3, 0.4) is 0 Å². The predicted molar refractivity (Wildman–Crippen MR) is 130 cm³/mol. The molecule has 0 aliphatic carbocycles. The van der Waals surface area contributed by atoms with E-state index in [1.165, 1.54) is 53.7 Å². The zero-order chi connectivity index (χ0) is 25.5. The van der Waals surface area contributed by atoms with Gasteiger partial charge in [-0.25, -0.2) is 17.6 Å². The Morgan fingerprint density at radius 3 is 2.44 bits per heavy atom. The number of anilines is 1. The zero-order valence-corrected chi connectivity index (χ0v) is 21.2. The number of hydrogen-bond donors (Lipinski definition) is 2. The maximum absolute atomic E-state index is 14.0. The lowest BCUT2D eigenvalue weighted by Gasteiger charge is -2.34. The van der Waals surface area contributed by atoms with Gasteiger partial charge in [-0.1, -0.05) is 36.7 Å². The van der Waals surface area contributed by atoms with Crippen LogP contribution in [0, 0.1) is 11.7 Å². The normalized spacial score (nSPS) is 14.5. The van der Waals surface area contributed by atoms with Gasteiger partial charge >= 0.3 is 6.03 Å². The summed E-state index contributed by atoms with van der Waals surface area (Å²) >= 11 is 5.94. The number of para-hydroxylation sites is 1. The lowest BCUT2D eigenvalue weighted by atomic mass is 10.0. The smallest absolute Gasteiger partial charge is 0.322 e. The van der Waals surface area contributed by atoms with E-state index in [9.17, 15) is 22.7 Å². The Balaban J connectivity index is 2.15. The first-order valence-corrected chi connectivity index (χ1v) is 12.5. The van der Waals surface area contributed by atoms with E-state index in [-0.39, 0.29) is 36.2 Å². The van der Waals surface area contributed by atoms with Crippen molar-refractivity contribution in [3.63, 3.8) is 0 Å². The van der Waals surface area contributed by atoms with Gasteiger partial charge in [0.15, 0.2) is 0 Å². The van der Waals surface area contributed by atoms with Crippen LogP contribution in [-0.4, -0.2) is 74.8 Å². The minimum atomic E-state index is -3.82. The SMILES string of the molecule is CO[C@@H](CN(C)S(=O)(=O)c1cccc(Cl)c1)[C@@H](C)CN(C(=O)Nc1ccccc1F)[C@@H](C)CO. The maximum atomic E-state index is 14.0. The van der Waals surface area contributed by atoms with Crippen molar-refractivity contribution in [2.24, 2.45) is 5.92 Å². The second kappa shape index (κ2) is 12.5. The Morgan fingerprint density at radius 1 is 1.18 bits per heavy atom. The van der Waals surface area contributed by atoms with Crippen molar-refractivity contribution >= 4 is 33.3 Å². The van der Waals surface area contributed by atoms with Crippen LogP contribution >= 0.6 is 11.6 Å². The zero-order valence-electron chi connectivity index (χ0n) is 19.6. The molecule has 0 saturated heterocycles. The molecule has 188 valence electrons. The molecule has 0 aliphatic heterocycles. The monoisotopic (exact) mass is 515 g/mol. The number of urea groups is 1. The largest absolute Gasteiger partial charge is 0.394 e. The number of amides is 2. The molecule has 3 atom stereocenters. The number of nitrogens with one attached hydrogen (secondary N) is 1. The summed E-state index contributed by atoms with van der Waals surface area (Å²) in [5, 5.41) is 12.5. The number of halogens is 2. The van der Waals surface area contributed by atoms with Crippen molar-refractivity contribution in [3.8, 4) is 0 Å². The molecule has 11 heteroatoms. The average molecular weight is 516 g/mol. The first-order chi connectivity index (χ1) is 16.0. The van der Waals surface area contributed by atoms with E-state index < -0.39 is 34.0 Å². The topological polar surface area (TPSA) is 99.2 Å². The number of rotatable bonds is 11. The summed E-state index contributed by atoms with van der Waals surface area (Å²) in [7, 11) is -0.920. The number of likely N-dealkylation sites (N-methyl/N-ethyl adjacent to an activating group) is 1. The summed E-state index contributed by atoms with van der Waals surface area (Å²) in [6.45, 7) is 3.30. The predicted octanol–water partition coefficient (Wildman–Crippen LogP) is 3.67. The van der Waals surface area contributed by atoms with Gasteiger partial charge in [-0.3, -0.25) is 0 Å². The summed E-state index contributed by atoms with van der Waals surface area (Å²) < 4.78 is 46.6. The number of benzene rings is 2. The van der Waals surface area contributed by atoms with Crippen LogP contribution in [0.4, 0.5) is 14.9 Å². The number of ether oxygens (including phenoxy) is 1. The number of aliphatic hydroxyl groups is 1. The number of sulfonamides is 1. The molecule has 0 heterocycles. The molecule has 8 nitrogen and oxygen atoms in total. The number of methoxy groups -OCH3 is 1. The van der Waals surface area contributed by atoms with Gasteiger partial charge in [-0.2, -0.15) is 4.31 Å². The van der Waals surface area contributed by atoms with E-state index in [0.717, 1.165) is 0 Å². The third kappa shape index (κ3) is 7.13. The molecular weight excluding hydrogens is 485 g/mol. The molecule has 2 N–H and O–H groups in total. The van der Waals surface area contributed by atoms with E-state index >= 15 is 0 Å². The van der Waals surface area contributed by atoms with Crippen molar-refractivity contribution in [1.82, 2.24) is 9.21 Å². The fraction of sp³-hybridized carbons (Fsp3) is 0.435. The summed E-state index contributed by atoms with van der Waals surface area (Å²) in [4.78, 5) is 14.3. The van der Waals surface area contributed by atoms with Crippen molar-refractivity contribution in [2.75, 3.05) is 39.2 Å². The Bertz CT molecular complexity index is 1070. The molecule has 0 bridgehead atoms. The van der Waals surface area contributed by atoms with Gasteiger partial charge in [0.1, 0.15) is 5.82 Å². The molecule has 0 radical (unpaired) electrons. The van der Waals surface area contributed by atoms with Crippen LogP contribution in [0.15, 0.2) is 53.4 Å². The number of carbonyl (C=O) groups is 1. The summed E-state index contributed by atoms with van der Waals surface area (Å²) in [5.41, 5.74) is 0.0194. The molecule has 0 spiro atoms. The van der Waals surface area contributed by atoms with Gasteiger partial charge in [0.2, 0.25) is 10.0 Å². The average Bonchev–Trinajstić information content (AvgIpc) is 2.81. The maximum Gasteiger partial charge on any atom is 0.322 e. The molecule has 0 saturated carbocycles. The molecule has 34 heavy (non-hydrogen) atoms. The second-order valence-corrected chi connectivity index (χ2v) is 10.6. The van der Waals surface area contributed by atoms with Crippen LogP contribution in [0.5, 0.6) is 0 Å². The highest BCUT2D eigenvalue weighted by Gasteiger charge is 2.30. The Hall–Kier alpha value is -2.24. The first-order valence-electron chi connectivity index (χ1n) is 10.7. The van der Waals surface area contributed by atoms with Crippen LogP contribution in [0.2, 0.25) is 5.02 Å². The molecule has 2 rings (SSSR count). The van der Waals surface area contributed by atoms with Gasteiger partial charge in [-0.15, -0.1) is 0 Å². The summed E-state index contributed by atoms with van der Waals surface area (Å²) in [6, 6.07) is 10.6. The molecule has 0 fully saturated rings. The quantitative estimate of drug-likeness (QED) is 0.476. The summed E-state index contributed by atoms with van der Waals surface area (Å²) in [6.07, 6.45) is -0.575. The molecule has 2 aromatic rings. The van der Waals surface area contributed by atoms with Gasteiger partial charge in [0.05, 0.1) is 29.3 Å². The highest BCUT2D eigenvalue weighted by Crippen LogP contribution is 2.21. The lowest BCUT2D eigenvalue weighted by molar-refractivity contribution is 0.0305. The minimum absolute atomic E-state index is 0.0167. The van der Waals surface area contributed by atoms with Gasteiger partial charge < -0.3 is 20.1 Å². The van der Waals surface area contributed by atoms with E-state index in [0.29, 0.717) is 5.02 Å². The Labute approximate surface area is 205 Å². The van der Waals surface area contributed by atoms with Crippen molar-refractivity contribution in [2.45, 2.75) is 30.9 Å². The van der Waals surface area contributed by atoms with Crippen LogP contribution in [0.25, 0.3) is 0 Å². The Kier molecular flexibility index (Phi) is 10.3. The first kappa shape index (κ1) is 28.0. The minimum Gasteiger partial charge on any atom is -0.394 e. The lowest BCUT2D eigenvalue weighted by Crippen LogP contribution is -2.49. The third-order valence-electron chi connectivity index (χ3n) is 5.54. The molecule has 0 aromatic heterocycles. The highest BCUT2D eigenvalue weighted by molar-refractivity contribution is 7.89. The van der Waals surface area contributed by atoms with E-state index in [1.54, 1.807) is 25.1 Å². The molecule has 2 amide bonds. The van der Waals surface area contributed by atoms with E-state index in [1.807, 2.05) is 6.92 Å². The molecular formula is C23H31ClFN3O5S. The number of carbonyl (C=O) groups excluding carboxylic acids is 1. The fourth-order valence-corrected chi connectivity index (χ4v) is 4.87. The Morgan fingerprint density at radius 2 is 1.85 bits per heavy atom. The van der Waals surface area contributed by atoms with Gasteiger partial charge in [-0.05, 0) is 37.3 Å². The van der Waals surface area contributed by atoms with E-state index in [4.69, 9.17) is 16.3 Å². The van der Waals surface area contributed by atoms with Gasteiger partial charge in [0.25, 0.3) is 0 Å². The number of hydrogen-bond acceptors (Lipinski definition) is 5. The fourth-order valence-electron chi connectivity index (χ4n) is 3.38. The van der Waals surface area contributed by atoms with Crippen molar-refractivity contribution < 1.29 is 27.4 Å². The second-order valence-electron chi connectivity index (χ2n) is 8.09. The van der Waals surface area contributed by atoms with Gasteiger partial charge in [0, 0.05) is 38.2 Å². The highest BCUT2D eigenvalue weighted by atomic mass is 35.5. The third-order valence-corrected chi connectivity index (χ3v) is 7.59. The van der Waals surface area contributed by atoms with Crippen LogP contribution in [0.1, 0.15) is 13.8 Å². The van der Waals surface area contributed by atoms with Crippen molar-refractivity contribution in [3.05, 3.63) is 59.4 Å². The number of aliphatic hydroxyl groups excluding tert-OH is 1. The molecule has 0 aliphatic rings. The van der Waals surface area contributed by atoms with E-state index in [2.05, 4.69) is 5.32 Å². The van der Waals surface area contributed by atoms with Crippen LogP contribution in [-0.2, 0) is 14.8 Å². The van der Waals surface area contributed by atoms with Crippen molar-refractivity contribution in [1.29, 1.82) is 0 Å². The standard InChI is InChI=1S/C23H31ClFN3O5S/c1-16(13-28(17(2)15-29)23(30)26-21-11-6-5-10-20(21)25)22(33-4)14-27(3)34(31,32)19-9-7-8-18(24)12-19/h5-12,16-17,22,29H,13-15H2,1-4H3,(H,26,30)/t16-,17-,22-/m0/s1. The molecule has 2 aromatic carbocycles. The molecule has 0 unspecified atom stereocenters. The number of nitrogens with zero attached hydrogens (tertiary/aromatic N) is 2. The van der Waals surface area contributed by atoms with Crippen LogP contribution < -0.4 is 5.32 Å². The summed E-state index contributed by atoms with van der Waals surface area (Å²) in [5.74, 6) is -0.912.